The zero-order valence-electron chi connectivity index (χ0n) is 25.5. The quantitative estimate of drug-likeness (QED) is 0.503. The lowest BCUT2D eigenvalue weighted by molar-refractivity contribution is -0.135. The molecule has 0 bridgehead atoms. The molecule has 0 radical (unpaired) electrons. The number of hydrogen-bond donors (Lipinski definition) is 3. The van der Waals surface area contributed by atoms with E-state index < -0.39 is 5.41 Å². The summed E-state index contributed by atoms with van der Waals surface area (Å²) in [5.41, 5.74) is 1.12. The molecule has 3 N–H and O–H groups in total. The predicted octanol–water partition coefficient (Wildman–Crippen LogP) is 3.26. The number of piperidine rings is 1. The van der Waals surface area contributed by atoms with Gasteiger partial charge in [0.05, 0.1) is 24.1 Å². The molecule has 2 heterocycles. The van der Waals surface area contributed by atoms with Gasteiger partial charge in [-0.1, -0.05) is 37.8 Å². The number of nitrogens with zero attached hydrogens (tertiary/aromatic N) is 2. The van der Waals surface area contributed by atoms with Crippen molar-refractivity contribution in [1.29, 1.82) is 0 Å². The number of carbonyl (C=O) groups excluding carboxylic acids is 3. The Morgan fingerprint density at radius 2 is 1.66 bits per heavy atom. The molecule has 1 aromatic rings. The Kier molecular flexibility index (Phi) is 11.1. The van der Waals surface area contributed by atoms with Gasteiger partial charge in [0.15, 0.2) is 0 Å². The van der Waals surface area contributed by atoms with E-state index in [1.807, 2.05) is 19.1 Å². The molecule has 4 rings (SSSR count). The fourth-order valence-electron chi connectivity index (χ4n) is 6.79. The Bertz CT molecular complexity index is 1040. The molecule has 2 fully saturated rings. The van der Waals surface area contributed by atoms with Crippen molar-refractivity contribution in [1.82, 2.24) is 25.8 Å². The summed E-state index contributed by atoms with van der Waals surface area (Å²) >= 11 is 0. The van der Waals surface area contributed by atoms with Gasteiger partial charge >= 0.3 is 0 Å². The summed E-state index contributed by atoms with van der Waals surface area (Å²) in [6.07, 6.45) is 10.6. The second-order valence-electron chi connectivity index (χ2n) is 12.6. The van der Waals surface area contributed by atoms with Crippen molar-refractivity contribution in [2.24, 2.45) is 5.41 Å². The zero-order valence-corrected chi connectivity index (χ0v) is 25.5. The van der Waals surface area contributed by atoms with Crippen molar-refractivity contribution in [2.45, 2.75) is 83.1 Å². The van der Waals surface area contributed by atoms with Crippen molar-refractivity contribution in [3.8, 4) is 5.75 Å². The largest absolute Gasteiger partial charge is 0.492 e. The molecule has 1 saturated carbocycles. The van der Waals surface area contributed by atoms with Crippen molar-refractivity contribution in [3.05, 3.63) is 29.3 Å². The third-order valence-electron chi connectivity index (χ3n) is 9.69. The first-order valence-electron chi connectivity index (χ1n) is 15.7. The number of rotatable bonds is 5. The molecule has 0 unspecified atom stereocenters. The molecule has 0 atom stereocenters. The summed E-state index contributed by atoms with van der Waals surface area (Å²) in [5, 5.41) is 9.45. The number of nitrogens with one attached hydrogen (secondary N) is 3. The Balaban J connectivity index is 1.30. The minimum atomic E-state index is -0.436. The van der Waals surface area contributed by atoms with Crippen LogP contribution in [0.5, 0.6) is 5.75 Å². The van der Waals surface area contributed by atoms with Gasteiger partial charge in [0, 0.05) is 25.2 Å². The van der Waals surface area contributed by atoms with Gasteiger partial charge in [0.2, 0.25) is 11.8 Å². The molecule has 228 valence electrons. The number of fused-ring (bicyclic) bond motifs is 1. The molecule has 3 aliphatic rings. The van der Waals surface area contributed by atoms with E-state index in [4.69, 9.17) is 4.74 Å². The number of benzene rings is 1. The number of aryl methyl sites for hydroxylation is 1. The number of likely N-dealkylation sites (tertiary alicyclic amines) is 1. The molecule has 41 heavy (non-hydrogen) atoms. The van der Waals surface area contributed by atoms with Crippen LogP contribution in [0, 0.1) is 12.3 Å². The van der Waals surface area contributed by atoms with Gasteiger partial charge in [-0.15, -0.1) is 0 Å². The van der Waals surface area contributed by atoms with Crippen molar-refractivity contribution < 1.29 is 19.1 Å². The van der Waals surface area contributed by atoms with Crippen molar-refractivity contribution in [2.75, 3.05) is 60.0 Å². The monoisotopic (exact) mass is 569 g/mol. The lowest BCUT2D eigenvalue weighted by atomic mass is 9.73. The average molecular weight is 570 g/mol. The van der Waals surface area contributed by atoms with Crippen LogP contribution >= 0.6 is 0 Å². The molecule has 1 aliphatic carbocycles. The minimum Gasteiger partial charge on any atom is -0.492 e. The molecule has 1 aromatic carbocycles. The first kappa shape index (κ1) is 31.3. The number of carbonyl (C=O) groups is 3. The van der Waals surface area contributed by atoms with Crippen LogP contribution in [0.15, 0.2) is 18.2 Å². The molecule has 1 spiro atoms. The predicted molar refractivity (Wildman–Crippen MR) is 161 cm³/mol. The first-order valence-corrected chi connectivity index (χ1v) is 15.7. The highest BCUT2D eigenvalue weighted by Crippen LogP contribution is 2.37. The maximum atomic E-state index is 13.5. The van der Waals surface area contributed by atoms with Gasteiger partial charge in [-0.2, -0.15) is 0 Å². The van der Waals surface area contributed by atoms with Crippen LogP contribution < -0.4 is 20.7 Å². The maximum absolute atomic E-state index is 13.5. The van der Waals surface area contributed by atoms with Gasteiger partial charge in [-0.3, -0.25) is 19.3 Å². The fourth-order valence-corrected chi connectivity index (χ4v) is 6.79. The van der Waals surface area contributed by atoms with E-state index in [0.29, 0.717) is 50.5 Å². The summed E-state index contributed by atoms with van der Waals surface area (Å²) in [5.74, 6) is 0.692. The van der Waals surface area contributed by atoms with Crippen molar-refractivity contribution >= 4 is 17.7 Å². The standard InChI is InChI=1S/C32H51N5O4/c1-25-11-9-12-26-28(25)41-22-10-19-34-30(40)31(13-7-8-18-33-29(26)39)16-20-37(21-17-31)23-27(38)35-24-32(36(2)3)14-5-4-6-15-32/h9,11-12H,4-8,10,13-24H2,1-3H3,(H,33,39)(H,34,40)(H,35,38). The van der Waals surface area contributed by atoms with Gasteiger partial charge < -0.3 is 25.6 Å². The molecule has 0 aromatic heterocycles. The van der Waals surface area contributed by atoms with E-state index in [1.54, 1.807) is 6.07 Å². The number of ether oxygens (including phenoxy) is 1. The van der Waals surface area contributed by atoms with Crippen LogP contribution in [0.3, 0.4) is 0 Å². The fraction of sp³-hybridized carbons (Fsp3) is 0.719. The van der Waals surface area contributed by atoms with Crippen LogP contribution in [-0.4, -0.2) is 93.0 Å². The Hall–Kier alpha value is -2.65. The SMILES string of the molecule is Cc1cccc2c1OCCCNC(=O)C1(CCCCNC2=O)CCN(CC(=O)NCC2(N(C)C)CCCCC2)CC1. The maximum Gasteiger partial charge on any atom is 0.255 e. The number of para-hydroxylation sites is 1. The van der Waals surface area contributed by atoms with Crippen LogP contribution in [-0.2, 0) is 9.59 Å². The second kappa shape index (κ2) is 14.5. The van der Waals surface area contributed by atoms with Crippen LogP contribution in [0.2, 0.25) is 0 Å². The highest BCUT2D eigenvalue weighted by molar-refractivity contribution is 5.97. The number of amides is 3. The topological polar surface area (TPSA) is 103 Å². The molecule has 1 saturated heterocycles. The molecular weight excluding hydrogens is 518 g/mol. The molecular formula is C32H51N5O4. The highest BCUT2D eigenvalue weighted by Gasteiger charge is 2.41. The second-order valence-corrected chi connectivity index (χ2v) is 12.6. The Morgan fingerprint density at radius 1 is 0.951 bits per heavy atom. The third-order valence-corrected chi connectivity index (χ3v) is 9.69. The first-order chi connectivity index (χ1) is 19.7. The van der Waals surface area contributed by atoms with Crippen LogP contribution in [0.1, 0.15) is 86.6 Å². The summed E-state index contributed by atoms with van der Waals surface area (Å²) in [7, 11) is 4.25. The van der Waals surface area contributed by atoms with Gasteiger partial charge in [0.25, 0.3) is 5.91 Å². The summed E-state index contributed by atoms with van der Waals surface area (Å²) in [6.45, 7) is 6.00. The van der Waals surface area contributed by atoms with Crippen LogP contribution in [0.4, 0.5) is 0 Å². The normalized spacial score (nSPS) is 22.4. The molecule has 2 aliphatic heterocycles. The average Bonchev–Trinajstić information content (AvgIpc) is 2.97. The van der Waals surface area contributed by atoms with Gasteiger partial charge in [-0.25, -0.2) is 0 Å². The van der Waals surface area contributed by atoms with E-state index in [9.17, 15) is 14.4 Å². The Labute approximate surface area is 246 Å². The number of hydrogen-bond acceptors (Lipinski definition) is 6. The highest BCUT2D eigenvalue weighted by atomic mass is 16.5. The van der Waals surface area contributed by atoms with Crippen LogP contribution in [0.25, 0.3) is 0 Å². The van der Waals surface area contributed by atoms with Gasteiger partial charge in [0.1, 0.15) is 5.75 Å². The molecule has 9 nitrogen and oxygen atoms in total. The summed E-state index contributed by atoms with van der Waals surface area (Å²) < 4.78 is 6.01. The smallest absolute Gasteiger partial charge is 0.255 e. The van der Waals surface area contributed by atoms with E-state index in [-0.39, 0.29) is 23.3 Å². The third kappa shape index (κ3) is 8.01. The number of likely N-dealkylation sites (N-methyl/N-ethyl adjacent to an activating group) is 1. The lowest BCUT2D eigenvalue weighted by Gasteiger charge is -2.43. The zero-order chi connectivity index (χ0) is 29.3. The van der Waals surface area contributed by atoms with E-state index in [2.05, 4.69) is 39.8 Å². The summed E-state index contributed by atoms with van der Waals surface area (Å²) in [6, 6.07) is 5.62. The Morgan fingerprint density at radius 3 is 2.39 bits per heavy atom. The lowest BCUT2D eigenvalue weighted by Crippen LogP contribution is -2.55. The van der Waals surface area contributed by atoms with E-state index in [0.717, 1.165) is 63.6 Å². The summed E-state index contributed by atoms with van der Waals surface area (Å²) in [4.78, 5) is 43.8. The van der Waals surface area contributed by atoms with Gasteiger partial charge in [-0.05, 0) is 90.7 Å². The van der Waals surface area contributed by atoms with Crippen molar-refractivity contribution in [3.63, 3.8) is 0 Å². The molecule has 3 amide bonds. The van der Waals surface area contributed by atoms with E-state index >= 15 is 0 Å². The van der Waals surface area contributed by atoms with E-state index in [1.165, 1.54) is 19.3 Å². The minimum absolute atomic E-state index is 0.0642. The molecule has 9 heteroatoms.